The normalized spacial score (nSPS) is 23.7. The molecule has 0 amide bonds. The minimum atomic E-state index is 0.225. The van der Waals surface area contributed by atoms with Crippen molar-refractivity contribution in [2.75, 3.05) is 0 Å². The van der Waals surface area contributed by atoms with E-state index in [0.717, 1.165) is 5.92 Å². The smallest absolute Gasteiger partial charge is 0.0704 e. The maximum atomic E-state index is 5.95. The highest BCUT2D eigenvalue weighted by Gasteiger charge is 2.32. The van der Waals surface area contributed by atoms with Crippen LogP contribution in [-0.2, 0) is 4.74 Å². The van der Waals surface area contributed by atoms with Gasteiger partial charge in [-0.05, 0) is 39.5 Å². The van der Waals surface area contributed by atoms with Crippen molar-refractivity contribution >= 4 is 0 Å². The monoisotopic (exact) mass is 157 g/mol. The number of ether oxygens (including phenoxy) is 1. The molecule has 0 aromatic rings. The third-order valence-corrected chi connectivity index (χ3v) is 2.20. The van der Waals surface area contributed by atoms with Crippen LogP contribution < -0.4 is 5.73 Å². The van der Waals surface area contributed by atoms with Gasteiger partial charge in [-0.3, -0.25) is 0 Å². The topological polar surface area (TPSA) is 35.2 Å². The average Bonchev–Trinajstić information content (AvgIpc) is 2.65. The van der Waals surface area contributed by atoms with E-state index < -0.39 is 0 Å². The lowest BCUT2D eigenvalue weighted by molar-refractivity contribution is 0.000757. The van der Waals surface area contributed by atoms with Gasteiger partial charge >= 0.3 is 0 Å². The Morgan fingerprint density at radius 2 is 1.82 bits per heavy atom. The fourth-order valence-electron chi connectivity index (χ4n) is 1.38. The molecule has 1 fully saturated rings. The SMILES string of the molecule is CC(C)OC(C)C(N)C1CC1. The highest BCUT2D eigenvalue weighted by atomic mass is 16.5. The zero-order chi connectivity index (χ0) is 8.43. The van der Waals surface area contributed by atoms with E-state index >= 15 is 0 Å². The molecule has 11 heavy (non-hydrogen) atoms. The molecule has 1 rings (SSSR count). The predicted molar refractivity (Wildman–Crippen MR) is 46.4 cm³/mol. The molecular formula is C9H19NO. The van der Waals surface area contributed by atoms with Crippen LogP contribution in [0.1, 0.15) is 33.6 Å². The molecule has 1 aliphatic carbocycles. The second-order valence-corrected chi connectivity index (χ2v) is 3.80. The summed E-state index contributed by atoms with van der Waals surface area (Å²) in [5, 5.41) is 0. The molecule has 0 aromatic carbocycles. The van der Waals surface area contributed by atoms with Gasteiger partial charge in [-0.15, -0.1) is 0 Å². The predicted octanol–water partition coefficient (Wildman–Crippen LogP) is 1.54. The highest BCUT2D eigenvalue weighted by Crippen LogP contribution is 2.33. The molecule has 0 radical (unpaired) electrons. The second kappa shape index (κ2) is 3.55. The lowest BCUT2D eigenvalue weighted by atomic mass is 10.1. The summed E-state index contributed by atoms with van der Waals surface area (Å²) < 4.78 is 5.59. The molecule has 0 aliphatic heterocycles. The fourth-order valence-corrected chi connectivity index (χ4v) is 1.38. The third-order valence-electron chi connectivity index (χ3n) is 2.20. The van der Waals surface area contributed by atoms with Crippen LogP contribution in [0, 0.1) is 5.92 Å². The van der Waals surface area contributed by atoms with Gasteiger partial charge in [0.25, 0.3) is 0 Å². The van der Waals surface area contributed by atoms with Crippen molar-refractivity contribution in [2.24, 2.45) is 11.7 Å². The Morgan fingerprint density at radius 3 is 2.18 bits per heavy atom. The van der Waals surface area contributed by atoms with Crippen molar-refractivity contribution in [3.8, 4) is 0 Å². The van der Waals surface area contributed by atoms with Gasteiger partial charge in [0.05, 0.1) is 12.2 Å². The average molecular weight is 157 g/mol. The minimum absolute atomic E-state index is 0.225. The van der Waals surface area contributed by atoms with Gasteiger partial charge in [-0.25, -0.2) is 0 Å². The summed E-state index contributed by atoms with van der Waals surface area (Å²) in [6.07, 6.45) is 3.12. The van der Waals surface area contributed by atoms with Gasteiger partial charge in [0.2, 0.25) is 0 Å². The fraction of sp³-hybridized carbons (Fsp3) is 1.00. The van der Waals surface area contributed by atoms with Gasteiger partial charge in [0.1, 0.15) is 0 Å². The largest absolute Gasteiger partial charge is 0.374 e. The Kier molecular flexibility index (Phi) is 2.90. The van der Waals surface area contributed by atoms with Crippen LogP contribution >= 0.6 is 0 Å². The molecule has 2 unspecified atom stereocenters. The Bertz CT molecular complexity index is 121. The van der Waals surface area contributed by atoms with E-state index in [2.05, 4.69) is 20.8 Å². The standard InChI is InChI=1S/C9H19NO/c1-6(2)11-7(3)9(10)8-4-5-8/h6-9H,4-5,10H2,1-3H3. The Morgan fingerprint density at radius 1 is 1.27 bits per heavy atom. The van der Waals surface area contributed by atoms with E-state index in [1.807, 2.05) is 0 Å². The van der Waals surface area contributed by atoms with Crippen LogP contribution in [0.2, 0.25) is 0 Å². The Labute approximate surface area is 69.1 Å². The van der Waals surface area contributed by atoms with Gasteiger partial charge in [-0.1, -0.05) is 0 Å². The number of hydrogen-bond acceptors (Lipinski definition) is 2. The van der Waals surface area contributed by atoms with Crippen molar-refractivity contribution in [3.63, 3.8) is 0 Å². The van der Waals surface area contributed by atoms with Gasteiger partial charge < -0.3 is 10.5 Å². The molecule has 0 aromatic heterocycles. The number of hydrogen-bond donors (Lipinski definition) is 1. The van der Waals surface area contributed by atoms with Crippen molar-refractivity contribution in [2.45, 2.75) is 51.9 Å². The first-order valence-electron chi connectivity index (χ1n) is 4.52. The minimum Gasteiger partial charge on any atom is -0.374 e. The maximum Gasteiger partial charge on any atom is 0.0704 e. The van der Waals surface area contributed by atoms with E-state index in [-0.39, 0.29) is 12.1 Å². The van der Waals surface area contributed by atoms with E-state index in [4.69, 9.17) is 10.5 Å². The van der Waals surface area contributed by atoms with Crippen LogP contribution in [0.3, 0.4) is 0 Å². The zero-order valence-electron chi connectivity index (χ0n) is 7.71. The van der Waals surface area contributed by atoms with Gasteiger partial charge in [-0.2, -0.15) is 0 Å². The summed E-state index contributed by atoms with van der Waals surface area (Å²) in [5.41, 5.74) is 5.95. The van der Waals surface area contributed by atoms with E-state index in [9.17, 15) is 0 Å². The first kappa shape index (κ1) is 9.01. The number of rotatable bonds is 4. The molecule has 2 nitrogen and oxygen atoms in total. The molecular weight excluding hydrogens is 138 g/mol. The molecule has 2 heteroatoms. The highest BCUT2D eigenvalue weighted by molar-refractivity contribution is 4.87. The molecule has 2 atom stereocenters. The molecule has 0 spiro atoms. The summed E-state index contributed by atoms with van der Waals surface area (Å²) >= 11 is 0. The molecule has 2 N–H and O–H groups in total. The summed E-state index contributed by atoms with van der Waals surface area (Å²) in [6, 6.07) is 0.261. The molecule has 0 heterocycles. The number of nitrogens with two attached hydrogens (primary N) is 1. The summed E-state index contributed by atoms with van der Waals surface area (Å²) in [6.45, 7) is 6.18. The third kappa shape index (κ3) is 2.80. The quantitative estimate of drug-likeness (QED) is 0.671. The summed E-state index contributed by atoms with van der Waals surface area (Å²) in [7, 11) is 0. The van der Waals surface area contributed by atoms with Crippen molar-refractivity contribution < 1.29 is 4.74 Å². The first-order chi connectivity index (χ1) is 5.11. The zero-order valence-corrected chi connectivity index (χ0v) is 7.71. The van der Waals surface area contributed by atoms with E-state index in [1.165, 1.54) is 12.8 Å². The van der Waals surface area contributed by atoms with Crippen molar-refractivity contribution in [1.82, 2.24) is 0 Å². The van der Waals surface area contributed by atoms with Crippen molar-refractivity contribution in [1.29, 1.82) is 0 Å². The lowest BCUT2D eigenvalue weighted by Gasteiger charge is -2.22. The van der Waals surface area contributed by atoms with Crippen LogP contribution in [0.4, 0.5) is 0 Å². The Balaban J connectivity index is 2.21. The molecule has 1 aliphatic rings. The first-order valence-corrected chi connectivity index (χ1v) is 4.52. The van der Waals surface area contributed by atoms with Gasteiger partial charge in [0.15, 0.2) is 0 Å². The maximum absolute atomic E-state index is 5.95. The van der Waals surface area contributed by atoms with Crippen LogP contribution in [-0.4, -0.2) is 18.2 Å². The second-order valence-electron chi connectivity index (χ2n) is 3.80. The summed E-state index contributed by atoms with van der Waals surface area (Å²) in [4.78, 5) is 0. The molecule has 66 valence electrons. The van der Waals surface area contributed by atoms with E-state index in [1.54, 1.807) is 0 Å². The van der Waals surface area contributed by atoms with Crippen LogP contribution in [0.15, 0.2) is 0 Å². The van der Waals surface area contributed by atoms with E-state index in [0.29, 0.717) is 6.10 Å². The molecule has 1 saturated carbocycles. The molecule has 0 saturated heterocycles. The lowest BCUT2D eigenvalue weighted by Crippen LogP contribution is -2.37. The molecule has 0 bridgehead atoms. The van der Waals surface area contributed by atoms with Crippen molar-refractivity contribution in [3.05, 3.63) is 0 Å². The van der Waals surface area contributed by atoms with Gasteiger partial charge in [0, 0.05) is 6.04 Å². The summed E-state index contributed by atoms with van der Waals surface area (Å²) in [5.74, 6) is 0.740. The Hall–Kier alpha value is -0.0800. The van der Waals surface area contributed by atoms with Crippen LogP contribution in [0.5, 0.6) is 0 Å². The van der Waals surface area contributed by atoms with Crippen LogP contribution in [0.25, 0.3) is 0 Å².